The lowest BCUT2D eigenvalue weighted by molar-refractivity contribution is -0.120. The summed E-state index contributed by atoms with van der Waals surface area (Å²) in [4.78, 5) is 16.8. The molecule has 1 heterocycles. The molecule has 0 saturated carbocycles. The summed E-state index contributed by atoms with van der Waals surface area (Å²) in [7, 11) is 0. The normalized spacial score (nSPS) is 13.0. The molecule has 7 heteroatoms. The molecule has 3 aromatic rings. The Bertz CT molecular complexity index is 886. The van der Waals surface area contributed by atoms with E-state index in [9.17, 15) is 9.90 Å². The molecular formula is C18H17N3O2S2. The molecule has 1 atom stereocenters. The third kappa shape index (κ3) is 4.37. The molecule has 2 N–H and O–H groups in total. The number of hydrogen-bond acceptors (Lipinski definition) is 6. The summed E-state index contributed by atoms with van der Waals surface area (Å²) in [6.45, 7) is 3.63. The van der Waals surface area contributed by atoms with Gasteiger partial charge in [-0.15, -0.1) is 11.3 Å². The summed E-state index contributed by atoms with van der Waals surface area (Å²) >= 11 is 3.00. The van der Waals surface area contributed by atoms with Crippen LogP contribution >= 0.6 is 23.1 Å². The van der Waals surface area contributed by atoms with Crippen molar-refractivity contribution in [2.75, 3.05) is 0 Å². The van der Waals surface area contributed by atoms with Crippen molar-refractivity contribution in [2.24, 2.45) is 5.10 Å². The van der Waals surface area contributed by atoms with E-state index in [1.54, 1.807) is 42.5 Å². The molecule has 0 unspecified atom stereocenters. The van der Waals surface area contributed by atoms with Gasteiger partial charge in [0, 0.05) is 0 Å². The fourth-order valence-corrected chi connectivity index (χ4v) is 4.31. The number of carbonyl (C=O) groups excluding carboxylic acids is 1. The van der Waals surface area contributed by atoms with Crippen LogP contribution in [-0.2, 0) is 4.79 Å². The highest BCUT2D eigenvalue weighted by Crippen LogP contribution is 2.31. The number of aromatic nitrogens is 1. The Morgan fingerprint density at radius 3 is 2.68 bits per heavy atom. The lowest BCUT2D eigenvalue weighted by atomic mass is 10.1. The zero-order valence-corrected chi connectivity index (χ0v) is 15.4. The molecule has 0 saturated heterocycles. The van der Waals surface area contributed by atoms with Gasteiger partial charge in [0.15, 0.2) is 4.34 Å². The first kappa shape index (κ1) is 17.4. The minimum Gasteiger partial charge on any atom is -0.508 e. The Morgan fingerprint density at radius 1 is 1.24 bits per heavy atom. The molecule has 0 aliphatic rings. The number of nitrogens with one attached hydrogen (secondary N) is 1. The van der Waals surface area contributed by atoms with Gasteiger partial charge in [0.05, 0.1) is 21.2 Å². The van der Waals surface area contributed by atoms with Gasteiger partial charge in [0.25, 0.3) is 5.91 Å². The average Bonchev–Trinajstić information content (AvgIpc) is 3.02. The van der Waals surface area contributed by atoms with Gasteiger partial charge in [-0.05, 0) is 55.8 Å². The molecule has 1 aromatic heterocycles. The smallest absolute Gasteiger partial charge is 0.253 e. The SMILES string of the molecule is C/C(=N\NC(=O)[C@@H](C)Sc1nc2ccccc2s1)c1ccc(O)cc1. The first-order valence-corrected chi connectivity index (χ1v) is 9.38. The first-order valence-electron chi connectivity index (χ1n) is 7.68. The van der Waals surface area contributed by atoms with Crippen LogP contribution in [0.15, 0.2) is 58.0 Å². The summed E-state index contributed by atoms with van der Waals surface area (Å²) in [5.74, 6) is 0.0174. The molecular weight excluding hydrogens is 354 g/mol. The molecule has 25 heavy (non-hydrogen) atoms. The minimum atomic E-state index is -0.308. The molecule has 1 amide bonds. The van der Waals surface area contributed by atoms with Crippen LogP contribution < -0.4 is 5.43 Å². The highest BCUT2D eigenvalue weighted by molar-refractivity contribution is 8.02. The number of nitrogens with zero attached hydrogens (tertiary/aromatic N) is 2. The summed E-state index contributed by atoms with van der Waals surface area (Å²) in [5, 5.41) is 13.1. The molecule has 0 fully saturated rings. The van der Waals surface area contributed by atoms with E-state index >= 15 is 0 Å². The predicted octanol–water partition coefficient (Wildman–Crippen LogP) is 4.02. The molecule has 5 nitrogen and oxygen atoms in total. The fraction of sp³-hybridized carbons (Fsp3) is 0.167. The van der Waals surface area contributed by atoms with Crippen molar-refractivity contribution in [3.63, 3.8) is 0 Å². The number of benzene rings is 2. The van der Waals surface area contributed by atoms with Gasteiger partial charge in [-0.1, -0.05) is 23.9 Å². The van der Waals surface area contributed by atoms with E-state index in [0.717, 1.165) is 20.1 Å². The largest absolute Gasteiger partial charge is 0.508 e. The number of thioether (sulfide) groups is 1. The Balaban J connectivity index is 1.62. The van der Waals surface area contributed by atoms with Gasteiger partial charge >= 0.3 is 0 Å². The van der Waals surface area contributed by atoms with Gasteiger partial charge in [-0.25, -0.2) is 10.4 Å². The van der Waals surface area contributed by atoms with Gasteiger partial charge < -0.3 is 5.11 Å². The van der Waals surface area contributed by atoms with E-state index in [1.807, 2.05) is 31.2 Å². The van der Waals surface area contributed by atoms with Gasteiger partial charge in [0.1, 0.15) is 5.75 Å². The first-order chi connectivity index (χ1) is 12.0. The summed E-state index contributed by atoms with van der Waals surface area (Å²) < 4.78 is 1.97. The van der Waals surface area contributed by atoms with Crippen LogP contribution in [0, 0.1) is 0 Å². The number of phenolic OH excluding ortho intramolecular Hbond substituents is 1. The highest BCUT2D eigenvalue weighted by Gasteiger charge is 2.16. The van der Waals surface area contributed by atoms with Crippen LogP contribution in [0.1, 0.15) is 19.4 Å². The number of amides is 1. The van der Waals surface area contributed by atoms with E-state index < -0.39 is 0 Å². The molecule has 0 aliphatic heterocycles. The standard InChI is InChI=1S/C18H17N3O2S2/c1-11(13-7-9-14(22)10-8-13)20-21-17(23)12(2)24-18-19-15-5-3-4-6-16(15)25-18/h3-10,12,22H,1-2H3,(H,21,23)/b20-11+/t12-/m1/s1. The van der Waals surface area contributed by atoms with Gasteiger partial charge in [-0.2, -0.15) is 5.10 Å². The summed E-state index contributed by atoms with van der Waals surface area (Å²) in [6.07, 6.45) is 0. The maximum absolute atomic E-state index is 12.3. The summed E-state index contributed by atoms with van der Waals surface area (Å²) in [6, 6.07) is 14.6. The molecule has 0 aliphatic carbocycles. The van der Waals surface area contributed by atoms with Crippen LogP contribution in [0.25, 0.3) is 10.2 Å². The number of hydrogen-bond donors (Lipinski definition) is 2. The number of aromatic hydroxyl groups is 1. The topological polar surface area (TPSA) is 74.6 Å². The monoisotopic (exact) mass is 371 g/mol. The zero-order valence-electron chi connectivity index (χ0n) is 13.8. The number of fused-ring (bicyclic) bond motifs is 1. The van der Waals surface area contributed by atoms with Gasteiger partial charge in [0.2, 0.25) is 0 Å². The lowest BCUT2D eigenvalue weighted by Gasteiger charge is -2.08. The maximum Gasteiger partial charge on any atom is 0.253 e. The Hall–Kier alpha value is -2.38. The number of rotatable bonds is 5. The van der Waals surface area contributed by atoms with E-state index in [2.05, 4.69) is 15.5 Å². The average molecular weight is 371 g/mol. The Kier molecular flexibility index (Phi) is 5.35. The van der Waals surface area contributed by atoms with Crippen molar-refractivity contribution in [2.45, 2.75) is 23.4 Å². The van der Waals surface area contributed by atoms with Crippen LogP contribution in [0.2, 0.25) is 0 Å². The van der Waals surface area contributed by atoms with Crippen molar-refractivity contribution in [1.82, 2.24) is 10.4 Å². The molecule has 128 valence electrons. The predicted molar refractivity (Wildman–Crippen MR) is 103 cm³/mol. The van der Waals surface area contributed by atoms with Crippen LogP contribution in [0.3, 0.4) is 0 Å². The maximum atomic E-state index is 12.3. The van der Waals surface area contributed by atoms with E-state index in [1.165, 1.54) is 11.8 Å². The van der Waals surface area contributed by atoms with E-state index in [4.69, 9.17) is 0 Å². The fourth-order valence-electron chi connectivity index (χ4n) is 2.10. The molecule has 0 bridgehead atoms. The molecule has 0 spiro atoms. The van der Waals surface area contributed by atoms with E-state index in [0.29, 0.717) is 5.71 Å². The third-order valence-corrected chi connectivity index (χ3v) is 5.77. The van der Waals surface area contributed by atoms with Crippen LogP contribution in [-0.4, -0.2) is 27.0 Å². The van der Waals surface area contributed by atoms with Gasteiger partial charge in [-0.3, -0.25) is 4.79 Å². The number of thiazole rings is 1. The number of carbonyl (C=O) groups is 1. The second-order valence-corrected chi connectivity index (χ2v) is 8.05. The van der Waals surface area contributed by atoms with Crippen LogP contribution in [0.5, 0.6) is 5.75 Å². The second-order valence-electron chi connectivity index (χ2n) is 5.43. The third-order valence-electron chi connectivity index (χ3n) is 3.54. The van der Waals surface area contributed by atoms with Crippen molar-refractivity contribution in [3.05, 3.63) is 54.1 Å². The Morgan fingerprint density at radius 2 is 1.96 bits per heavy atom. The lowest BCUT2D eigenvalue weighted by Crippen LogP contribution is -2.27. The van der Waals surface area contributed by atoms with Crippen molar-refractivity contribution in [1.29, 1.82) is 0 Å². The van der Waals surface area contributed by atoms with E-state index in [-0.39, 0.29) is 16.9 Å². The number of hydrazone groups is 1. The second kappa shape index (κ2) is 7.67. The minimum absolute atomic E-state index is 0.178. The molecule has 0 radical (unpaired) electrons. The number of para-hydroxylation sites is 1. The van der Waals surface area contributed by atoms with Crippen molar-refractivity contribution in [3.8, 4) is 5.75 Å². The molecule has 2 aromatic carbocycles. The van der Waals surface area contributed by atoms with Crippen molar-refractivity contribution >= 4 is 44.9 Å². The Labute approximate surface area is 153 Å². The summed E-state index contributed by atoms with van der Waals surface area (Å²) in [5.41, 5.74) is 5.05. The van der Waals surface area contributed by atoms with Crippen LogP contribution in [0.4, 0.5) is 0 Å². The zero-order chi connectivity index (χ0) is 17.8. The quantitative estimate of drug-likeness (QED) is 0.403. The molecule has 3 rings (SSSR count). The number of phenols is 1. The highest BCUT2D eigenvalue weighted by atomic mass is 32.2. The van der Waals surface area contributed by atoms with Crippen molar-refractivity contribution < 1.29 is 9.90 Å².